The van der Waals surface area contributed by atoms with E-state index in [-0.39, 0.29) is 18.7 Å². The molecule has 1 aromatic rings. The minimum absolute atomic E-state index is 0.0786. The Morgan fingerprint density at radius 3 is 2.07 bits per heavy atom. The van der Waals surface area contributed by atoms with Gasteiger partial charge in [-0.3, -0.25) is 0 Å². The summed E-state index contributed by atoms with van der Waals surface area (Å²) in [6, 6.07) is 8.94. The van der Waals surface area contributed by atoms with E-state index in [9.17, 15) is 9.59 Å². The van der Waals surface area contributed by atoms with E-state index in [0.29, 0.717) is 42.8 Å². The number of amides is 1. The van der Waals surface area contributed by atoms with Crippen molar-refractivity contribution in [2.45, 2.75) is 60.5 Å². The van der Waals surface area contributed by atoms with E-state index in [1.54, 1.807) is 17.0 Å². The van der Waals surface area contributed by atoms with Gasteiger partial charge in [0.15, 0.2) is 0 Å². The Morgan fingerprint density at radius 1 is 0.964 bits per heavy atom. The van der Waals surface area contributed by atoms with Gasteiger partial charge in [-0.15, -0.1) is 0 Å². The number of carbonyl (C=O) groups is 2. The van der Waals surface area contributed by atoms with Gasteiger partial charge >= 0.3 is 12.1 Å². The van der Waals surface area contributed by atoms with Crippen LogP contribution in [0.25, 0.3) is 0 Å². The van der Waals surface area contributed by atoms with E-state index in [1.165, 1.54) is 0 Å². The number of ether oxygens (including phenoxy) is 2. The van der Waals surface area contributed by atoms with Crippen molar-refractivity contribution in [2.24, 2.45) is 17.8 Å². The molecule has 5 heteroatoms. The van der Waals surface area contributed by atoms with Crippen molar-refractivity contribution < 1.29 is 19.1 Å². The first-order valence-corrected chi connectivity index (χ1v) is 10.5. The minimum Gasteiger partial charge on any atom is -0.455 e. The van der Waals surface area contributed by atoms with Gasteiger partial charge in [-0.1, -0.05) is 45.9 Å². The number of benzene rings is 1. The molecule has 0 radical (unpaired) electrons. The molecule has 0 fully saturated rings. The summed E-state index contributed by atoms with van der Waals surface area (Å²) in [6.45, 7) is 13.8. The van der Waals surface area contributed by atoms with Crippen LogP contribution in [0.15, 0.2) is 30.3 Å². The second kappa shape index (κ2) is 12.4. The number of nitrogens with zero attached hydrogens (tertiary/aromatic N) is 1. The zero-order valence-corrected chi connectivity index (χ0v) is 18.3. The molecule has 0 aromatic heterocycles. The molecule has 0 aliphatic carbocycles. The predicted molar refractivity (Wildman–Crippen MR) is 112 cm³/mol. The van der Waals surface area contributed by atoms with Crippen LogP contribution in [0.4, 0.5) is 4.79 Å². The normalized spacial score (nSPS) is 13.3. The van der Waals surface area contributed by atoms with E-state index in [2.05, 4.69) is 27.7 Å². The molecule has 1 amide bonds. The van der Waals surface area contributed by atoms with Crippen molar-refractivity contribution in [3.63, 3.8) is 0 Å². The molecule has 0 heterocycles. The summed E-state index contributed by atoms with van der Waals surface area (Å²) >= 11 is 0. The lowest BCUT2D eigenvalue weighted by molar-refractivity contribution is -0.00642. The Hall–Kier alpha value is -2.04. The molecular formula is C23H37NO4. The first-order chi connectivity index (χ1) is 13.3. The largest absolute Gasteiger partial charge is 0.455 e. The first-order valence-electron chi connectivity index (χ1n) is 10.5. The van der Waals surface area contributed by atoms with E-state index in [4.69, 9.17) is 9.47 Å². The molecule has 0 aliphatic rings. The molecule has 0 spiro atoms. The number of rotatable bonds is 11. The van der Waals surface area contributed by atoms with Crippen LogP contribution in [-0.4, -0.2) is 42.8 Å². The maximum Gasteiger partial charge on any atom is 0.409 e. The van der Waals surface area contributed by atoms with Crippen LogP contribution < -0.4 is 0 Å². The highest BCUT2D eigenvalue weighted by Crippen LogP contribution is 2.26. The second-order valence-corrected chi connectivity index (χ2v) is 8.01. The van der Waals surface area contributed by atoms with Crippen molar-refractivity contribution in [3.8, 4) is 0 Å². The van der Waals surface area contributed by atoms with Gasteiger partial charge in [0.1, 0.15) is 12.7 Å². The van der Waals surface area contributed by atoms with E-state index in [1.807, 2.05) is 32.0 Å². The van der Waals surface area contributed by atoms with Crippen LogP contribution in [0.1, 0.15) is 64.7 Å². The average molecular weight is 392 g/mol. The SMILES string of the molecule is CCN(CC)C(=O)OCC(CC(CC(C)C)C(C)C)OC(=O)c1ccccc1. The quantitative estimate of drug-likeness (QED) is 0.474. The molecule has 0 N–H and O–H groups in total. The Morgan fingerprint density at radius 2 is 1.57 bits per heavy atom. The highest BCUT2D eigenvalue weighted by molar-refractivity contribution is 5.89. The van der Waals surface area contributed by atoms with Gasteiger partial charge in [0.2, 0.25) is 0 Å². The van der Waals surface area contributed by atoms with Gasteiger partial charge in [-0.25, -0.2) is 9.59 Å². The maximum absolute atomic E-state index is 12.5. The van der Waals surface area contributed by atoms with Crippen LogP contribution >= 0.6 is 0 Å². The van der Waals surface area contributed by atoms with Crippen LogP contribution in [0.3, 0.4) is 0 Å². The van der Waals surface area contributed by atoms with E-state index in [0.717, 1.165) is 6.42 Å². The van der Waals surface area contributed by atoms with Crippen LogP contribution in [-0.2, 0) is 9.47 Å². The molecule has 5 nitrogen and oxygen atoms in total. The third kappa shape index (κ3) is 8.32. The molecule has 158 valence electrons. The summed E-state index contributed by atoms with van der Waals surface area (Å²) in [6.07, 6.45) is 0.898. The Bertz CT molecular complexity index is 582. The fraction of sp³-hybridized carbons (Fsp3) is 0.652. The van der Waals surface area contributed by atoms with Crippen molar-refractivity contribution in [1.82, 2.24) is 4.90 Å². The Kier molecular flexibility index (Phi) is 10.6. The summed E-state index contributed by atoms with van der Waals surface area (Å²) < 4.78 is 11.2. The van der Waals surface area contributed by atoms with Gasteiger partial charge in [0.05, 0.1) is 5.56 Å². The molecule has 2 unspecified atom stereocenters. The van der Waals surface area contributed by atoms with Crippen LogP contribution in [0.5, 0.6) is 0 Å². The molecule has 1 aromatic carbocycles. The third-order valence-electron chi connectivity index (χ3n) is 4.98. The highest BCUT2D eigenvalue weighted by atomic mass is 16.6. The minimum atomic E-state index is -0.460. The standard InChI is InChI=1S/C23H37NO4/c1-7-24(8-2)23(26)27-16-21(15-20(18(5)6)14-17(3)4)28-22(25)19-12-10-9-11-13-19/h9-13,17-18,20-21H,7-8,14-16H2,1-6H3. The van der Waals surface area contributed by atoms with Crippen LogP contribution in [0, 0.1) is 17.8 Å². The molecule has 0 bridgehead atoms. The number of hydrogen-bond donors (Lipinski definition) is 0. The summed E-state index contributed by atoms with van der Waals surface area (Å²) in [4.78, 5) is 26.4. The van der Waals surface area contributed by atoms with Crippen LogP contribution in [0.2, 0.25) is 0 Å². The molecule has 2 atom stereocenters. The lowest BCUT2D eigenvalue weighted by Gasteiger charge is -2.28. The maximum atomic E-state index is 12.5. The smallest absolute Gasteiger partial charge is 0.409 e. The molecular weight excluding hydrogens is 354 g/mol. The summed E-state index contributed by atoms with van der Waals surface area (Å²) in [5.74, 6) is 1.02. The van der Waals surface area contributed by atoms with Gasteiger partial charge < -0.3 is 14.4 Å². The predicted octanol–water partition coefficient (Wildman–Crippen LogP) is 5.40. The topological polar surface area (TPSA) is 55.8 Å². The van der Waals surface area contributed by atoms with E-state index >= 15 is 0 Å². The zero-order valence-electron chi connectivity index (χ0n) is 18.3. The molecule has 0 saturated carbocycles. The molecule has 1 rings (SSSR count). The second-order valence-electron chi connectivity index (χ2n) is 8.01. The molecule has 0 saturated heterocycles. The molecule has 0 aliphatic heterocycles. The lowest BCUT2D eigenvalue weighted by atomic mass is 9.83. The fourth-order valence-electron chi connectivity index (χ4n) is 3.26. The summed E-state index contributed by atoms with van der Waals surface area (Å²) in [7, 11) is 0. The van der Waals surface area contributed by atoms with Crippen molar-refractivity contribution in [1.29, 1.82) is 0 Å². The van der Waals surface area contributed by atoms with Gasteiger partial charge in [-0.05, 0) is 56.6 Å². The third-order valence-corrected chi connectivity index (χ3v) is 4.98. The zero-order chi connectivity index (χ0) is 21.1. The lowest BCUT2D eigenvalue weighted by Crippen LogP contribution is -2.35. The van der Waals surface area contributed by atoms with Crippen molar-refractivity contribution in [3.05, 3.63) is 35.9 Å². The average Bonchev–Trinajstić information content (AvgIpc) is 2.66. The molecule has 28 heavy (non-hydrogen) atoms. The van der Waals surface area contributed by atoms with Crippen molar-refractivity contribution >= 4 is 12.1 Å². The van der Waals surface area contributed by atoms with E-state index < -0.39 is 6.10 Å². The first kappa shape index (κ1) is 24.0. The Labute approximate surface area is 170 Å². The number of carbonyl (C=O) groups excluding carboxylic acids is 2. The van der Waals surface area contributed by atoms with Gasteiger partial charge in [0, 0.05) is 13.1 Å². The fourth-order valence-corrected chi connectivity index (χ4v) is 3.26. The number of hydrogen-bond acceptors (Lipinski definition) is 4. The summed E-state index contributed by atoms with van der Waals surface area (Å²) in [5, 5.41) is 0. The summed E-state index contributed by atoms with van der Waals surface area (Å²) in [5.41, 5.74) is 0.507. The van der Waals surface area contributed by atoms with Gasteiger partial charge in [-0.2, -0.15) is 0 Å². The highest BCUT2D eigenvalue weighted by Gasteiger charge is 2.25. The van der Waals surface area contributed by atoms with Crippen molar-refractivity contribution in [2.75, 3.05) is 19.7 Å². The Balaban J connectivity index is 2.85. The monoisotopic (exact) mass is 391 g/mol. The number of esters is 1. The van der Waals surface area contributed by atoms with Gasteiger partial charge in [0.25, 0.3) is 0 Å².